The fourth-order valence-corrected chi connectivity index (χ4v) is 2.92. The van der Waals surface area contributed by atoms with Crippen molar-refractivity contribution in [3.8, 4) is 0 Å². The van der Waals surface area contributed by atoms with Gasteiger partial charge in [0, 0.05) is 17.6 Å². The van der Waals surface area contributed by atoms with Gasteiger partial charge in [0.25, 0.3) is 0 Å². The van der Waals surface area contributed by atoms with E-state index in [1.165, 1.54) is 43.4 Å². The zero-order valence-electron chi connectivity index (χ0n) is 9.24. The largest absolute Gasteiger partial charge is 0.312 e. The standard InChI is InChI=1S/C12H20N2S/c1-2-5-11(4-1)6-3-7-13-8-12-9-14-10-15-12/h9-11,13H,1-8H2. The highest BCUT2D eigenvalue weighted by Gasteiger charge is 2.13. The van der Waals surface area contributed by atoms with Crippen LogP contribution in [-0.4, -0.2) is 11.5 Å². The van der Waals surface area contributed by atoms with Crippen molar-refractivity contribution in [1.29, 1.82) is 0 Å². The van der Waals surface area contributed by atoms with Gasteiger partial charge in [0.1, 0.15) is 0 Å². The van der Waals surface area contributed by atoms with Crippen LogP contribution in [0.3, 0.4) is 0 Å². The molecule has 84 valence electrons. The molecule has 2 rings (SSSR count). The minimum Gasteiger partial charge on any atom is -0.312 e. The molecule has 0 saturated heterocycles. The number of thiazole rings is 1. The van der Waals surface area contributed by atoms with Gasteiger partial charge in [0.05, 0.1) is 5.51 Å². The average Bonchev–Trinajstić information content (AvgIpc) is 2.88. The molecule has 1 heterocycles. The Bertz CT molecular complexity index is 253. The molecule has 0 atom stereocenters. The lowest BCUT2D eigenvalue weighted by Gasteiger charge is -2.08. The summed E-state index contributed by atoms with van der Waals surface area (Å²) in [6.07, 6.45) is 10.6. The summed E-state index contributed by atoms with van der Waals surface area (Å²) in [5, 5.41) is 3.48. The lowest BCUT2D eigenvalue weighted by molar-refractivity contribution is 0.471. The summed E-state index contributed by atoms with van der Waals surface area (Å²) in [5.41, 5.74) is 1.90. The molecule has 1 aliphatic carbocycles. The van der Waals surface area contributed by atoms with Gasteiger partial charge in [-0.15, -0.1) is 11.3 Å². The summed E-state index contributed by atoms with van der Waals surface area (Å²) >= 11 is 1.73. The van der Waals surface area contributed by atoms with E-state index in [2.05, 4.69) is 10.3 Å². The molecule has 1 N–H and O–H groups in total. The van der Waals surface area contributed by atoms with Crippen LogP contribution in [0, 0.1) is 5.92 Å². The predicted octanol–water partition coefficient (Wildman–Crippen LogP) is 3.20. The second-order valence-corrected chi connectivity index (χ2v) is 5.41. The highest BCUT2D eigenvalue weighted by molar-refractivity contribution is 7.09. The Balaban J connectivity index is 1.48. The van der Waals surface area contributed by atoms with E-state index >= 15 is 0 Å². The zero-order valence-corrected chi connectivity index (χ0v) is 10.1. The van der Waals surface area contributed by atoms with Crippen LogP contribution >= 0.6 is 11.3 Å². The minimum absolute atomic E-state index is 0.995. The first-order valence-electron chi connectivity index (χ1n) is 6.03. The van der Waals surface area contributed by atoms with E-state index in [0.29, 0.717) is 0 Å². The van der Waals surface area contributed by atoms with Crippen LogP contribution in [0.1, 0.15) is 43.4 Å². The smallest absolute Gasteiger partial charge is 0.0794 e. The van der Waals surface area contributed by atoms with Crippen molar-refractivity contribution in [3.63, 3.8) is 0 Å². The Morgan fingerprint density at radius 2 is 2.27 bits per heavy atom. The zero-order chi connectivity index (χ0) is 10.3. The van der Waals surface area contributed by atoms with Gasteiger partial charge in [-0.2, -0.15) is 0 Å². The number of hydrogen-bond acceptors (Lipinski definition) is 3. The summed E-state index contributed by atoms with van der Waals surface area (Å²) in [7, 11) is 0. The fraction of sp³-hybridized carbons (Fsp3) is 0.750. The normalized spacial score (nSPS) is 17.3. The minimum atomic E-state index is 0.995. The van der Waals surface area contributed by atoms with Crippen LogP contribution in [0.5, 0.6) is 0 Å². The molecule has 0 aromatic carbocycles. The van der Waals surface area contributed by atoms with Crippen molar-refractivity contribution < 1.29 is 0 Å². The van der Waals surface area contributed by atoms with E-state index < -0.39 is 0 Å². The maximum Gasteiger partial charge on any atom is 0.0794 e. The maximum atomic E-state index is 4.06. The summed E-state index contributed by atoms with van der Waals surface area (Å²) in [4.78, 5) is 5.41. The fourth-order valence-electron chi connectivity index (χ4n) is 2.36. The molecule has 0 spiro atoms. The van der Waals surface area contributed by atoms with Gasteiger partial charge >= 0.3 is 0 Å². The number of nitrogens with zero attached hydrogens (tertiary/aromatic N) is 1. The third kappa shape index (κ3) is 3.92. The summed E-state index contributed by atoms with van der Waals surface area (Å²) in [6, 6.07) is 0. The molecule has 1 saturated carbocycles. The van der Waals surface area contributed by atoms with Crippen LogP contribution in [0.25, 0.3) is 0 Å². The van der Waals surface area contributed by atoms with Crippen LogP contribution in [0.2, 0.25) is 0 Å². The molecule has 1 fully saturated rings. The SMILES string of the molecule is c1ncc(CNCCCC2CCCC2)s1. The second kappa shape index (κ2) is 6.23. The van der Waals surface area contributed by atoms with Gasteiger partial charge in [-0.3, -0.25) is 4.98 Å². The van der Waals surface area contributed by atoms with Crippen LogP contribution in [-0.2, 0) is 6.54 Å². The molecule has 15 heavy (non-hydrogen) atoms. The van der Waals surface area contributed by atoms with Crippen molar-refractivity contribution >= 4 is 11.3 Å². The number of hydrogen-bond donors (Lipinski definition) is 1. The molecule has 3 heteroatoms. The van der Waals surface area contributed by atoms with Gasteiger partial charge in [-0.05, 0) is 25.3 Å². The van der Waals surface area contributed by atoms with Crippen LogP contribution in [0.4, 0.5) is 0 Å². The van der Waals surface area contributed by atoms with Gasteiger partial charge in [-0.1, -0.05) is 25.7 Å². The lowest BCUT2D eigenvalue weighted by atomic mass is 10.0. The molecule has 0 amide bonds. The first-order valence-corrected chi connectivity index (χ1v) is 6.91. The highest BCUT2D eigenvalue weighted by atomic mass is 32.1. The summed E-state index contributed by atoms with van der Waals surface area (Å²) in [6.45, 7) is 2.16. The van der Waals surface area contributed by atoms with Crippen molar-refractivity contribution in [2.75, 3.05) is 6.54 Å². The Morgan fingerprint density at radius 1 is 1.40 bits per heavy atom. The molecular weight excluding hydrogens is 204 g/mol. The Labute approximate surface area is 96.1 Å². The maximum absolute atomic E-state index is 4.06. The second-order valence-electron chi connectivity index (χ2n) is 4.44. The summed E-state index contributed by atoms with van der Waals surface area (Å²) < 4.78 is 0. The van der Waals surface area contributed by atoms with Crippen molar-refractivity contribution in [2.24, 2.45) is 5.92 Å². The molecule has 1 aromatic rings. The molecule has 0 bridgehead atoms. The van der Waals surface area contributed by atoms with Crippen molar-refractivity contribution in [1.82, 2.24) is 10.3 Å². The number of nitrogens with one attached hydrogen (secondary N) is 1. The monoisotopic (exact) mass is 224 g/mol. The van der Waals surface area contributed by atoms with Crippen LogP contribution < -0.4 is 5.32 Å². The highest BCUT2D eigenvalue weighted by Crippen LogP contribution is 2.28. The molecule has 0 unspecified atom stereocenters. The Morgan fingerprint density at radius 3 is 3.00 bits per heavy atom. The summed E-state index contributed by atoms with van der Waals surface area (Å²) in [5.74, 6) is 1.04. The molecule has 0 radical (unpaired) electrons. The van der Waals surface area contributed by atoms with Gasteiger partial charge in [-0.25, -0.2) is 0 Å². The third-order valence-electron chi connectivity index (χ3n) is 3.22. The van der Waals surface area contributed by atoms with Gasteiger partial charge < -0.3 is 5.32 Å². The Kier molecular flexibility index (Phi) is 4.61. The van der Waals surface area contributed by atoms with Crippen LogP contribution in [0.15, 0.2) is 11.7 Å². The van der Waals surface area contributed by atoms with E-state index in [4.69, 9.17) is 0 Å². The predicted molar refractivity (Wildman–Crippen MR) is 65.0 cm³/mol. The molecule has 1 aromatic heterocycles. The van der Waals surface area contributed by atoms with Gasteiger partial charge in [0.15, 0.2) is 0 Å². The van der Waals surface area contributed by atoms with Crippen molar-refractivity contribution in [2.45, 2.75) is 45.1 Å². The quantitative estimate of drug-likeness (QED) is 0.751. The molecule has 1 aliphatic rings. The third-order valence-corrected chi connectivity index (χ3v) is 4.00. The molecular formula is C12H20N2S. The van der Waals surface area contributed by atoms with E-state index in [9.17, 15) is 0 Å². The van der Waals surface area contributed by atoms with Gasteiger partial charge in [0.2, 0.25) is 0 Å². The van der Waals surface area contributed by atoms with E-state index in [-0.39, 0.29) is 0 Å². The Hall–Kier alpha value is -0.410. The van der Waals surface area contributed by atoms with E-state index in [0.717, 1.165) is 19.0 Å². The van der Waals surface area contributed by atoms with E-state index in [1.54, 1.807) is 11.3 Å². The lowest BCUT2D eigenvalue weighted by Crippen LogP contribution is -2.14. The van der Waals surface area contributed by atoms with Crippen molar-refractivity contribution in [3.05, 3.63) is 16.6 Å². The average molecular weight is 224 g/mol. The first-order chi connectivity index (χ1) is 7.45. The molecule has 2 nitrogen and oxygen atoms in total. The molecule has 0 aliphatic heterocycles. The number of rotatable bonds is 6. The van der Waals surface area contributed by atoms with E-state index in [1.807, 2.05) is 11.7 Å². The first kappa shape index (κ1) is 11.1. The number of aromatic nitrogens is 1. The topological polar surface area (TPSA) is 24.9 Å².